The molecule has 1 unspecified atom stereocenters. The van der Waals surface area contributed by atoms with Crippen LogP contribution < -0.4 is 11.3 Å². The maximum Gasteiger partial charge on any atom is 0.208 e. The Hall–Kier alpha value is 0.360. The van der Waals surface area contributed by atoms with E-state index in [4.69, 9.17) is 15.1 Å². The van der Waals surface area contributed by atoms with Crippen molar-refractivity contribution in [2.45, 2.75) is 20.0 Å². The highest BCUT2D eigenvalue weighted by atomic mass is 35.5. The molecule has 0 amide bonds. The molecule has 76 valence electrons. The van der Waals surface area contributed by atoms with E-state index < -0.39 is 8.03 Å². The predicted octanol–water partition coefficient (Wildman–Crippen LogP) is 0.703. The lowest BCUT2D eigenvalue weighted by Gasteiger charge is -2.07. The number of ether oxygens (including phenoxy) is 1. The van der Waals surface area contributed by atoms with Gasteiger partial charge in [-0.3, -0.25) is 15.8 Å². The SMILES string of the molecule is CC(C)OCO[PH](=O)CNN.Cl. The largest absolute Gasteiger partial charge is 0.352 e. The van der Waals surface area contributed by atoms with E-state index in [9.17, 15) is 4.57 Å². The molecule has 0 saturated carbocycles. The molecule has 5 nitrogen and oxygen atoms in total. The van der Waals surface area contributed by atoms with Crippen molar-refractivity contribution < 1.29 is 13.8 Å². The van der Waals surface area contributed by atoms with Gasteiger partial charge in [-0.25, -0.2) is 0 Å². The van der Waals surface area contributed by atoms with Gasteiger partial charge in [-0.15, -0.1) is 12.4 Å². The topological polar surface area (TPSA) is 73.6 Å². The van der Waals surface area contributed by atoms with Crippen LogP contribution >= 0.6 is 20.4 Å². The Morgan fingerprint density at radius 3 is 2.58 bits per heavy atom. The highest BCUT2D eigenvalue weighted by Crippen LogP contribution is 2.18. The van der Waals surface area contributed by atoms with Crippen LogP contribution in [0.1, 0.15) is 13.8 Å². The number of nitrogens with one attached hydrogen (secondary N) is 1. The summed E-state index contributed by atoms with van der Waals surface area (Å²) in [5, 5.41) is 0. The summed E-state index contributed by atoms with van der Waals surface area (Å²) in [6.07, 6.45) is 0.280. The fourth-order valence-corrected chi connectivity index (χ4v) is 0.838. The molecule has 0 bridgehead atoms. The van der Waals surface area contributed by atoms with Crippen LogP contribution in [0, 0.1) is 0 Å². The molecule has 0 heterocycles. The fourth-order valence-electron chi connectivity index (χ4n) is 0.370. The molecule has 0 aliphatic heterocycles. The molecule has 7 heteroatoms. The standard InChI is InChI=1S/C5H15N2O3P.ClH/c1-5(2)9-4-10-11(8)3-7-6;/h5,7,11H,3-4,6H2,1-2H3;1H. The highest BCUT2D eigenvalue weighted by Gasteiger charge is 1.98. The van der Waals surface area contributed by atoms with E-state index >= 15 is 0 Å². The van der Waals surface area contributed by atoms with Crippen LogP contribution in [0.15, 0.2) is 0 Å². The molecule has 0 aromatic heterocycles. The lowest BCUT2D eigenvalue weighted by Crippen LogP contribution is -2.21. The van der Waals surface area contributed by atoms with Crippen molar-refractivity contribution in [2.24, 2.45) is 5.84 Å². The molecule has 0 spiro atoms. The number of rotatable bonds is 6. The minimum absolute atomic E-state index is 0. The normalized spacial score (nSPS) is 12.7. The molecule has 0 aliphatic carbocycles. The third kappa shape index (κ3) is 10.4. The second-order valence-electron chi connectivity index (χ2n) is 2.23. The van der Waals surface area contributed by atoms with Gasteiger partial charge < -0.3 is 9.26 Å². The van der Waals surface area contributed by atoms with Crippen molar-refractivity contribution >= 4 is 20.4 Å². The van der Waals surface area contributed by atoms with Crippen LogP contribution in [0.5, 0.6) is 0 Å². The molecule has 0 aromatic carbocycles. The number of hydrazine groups is 1. The van der Waals surface area contributed by atoms with E-state index in [-0.39, 0.29) is 31.6 Å². The first-order valence-corrected chi connectivity index (χ1v) is 4.90. The highest BCUT2D eigenvalue weighted by molar-refractivity contribution is 7.39. The predicted molar refractivity (Wildman–Crippen MR) is 50.6 cm³/mol. The maximum absolute atomic E-state index is 10.8. The van der Waals surface area contributed by atoms with Gasteiger partial charge in [-0.2, -0.15) is 0 Å². The van der Waals surface area contributed by atoms with Crippen LogP contribution in [0.25, 0.3) is 0 Å². The van der Waals surface area contributed by atoms with Crippen LogP contribution in [0.2, 0.25) is 0 Å². The summed E-state index contributed by atoms with van der Waals surface area (Å²) in [5.74, 6) is 4.92. The van der Waals surface area contributed by atoms with Gasteiger partial charge >= 0.3 is 0 Å². The lowest BCUT2D eigenvalue weighted by atomic mass is 10.5. The van der Waals surface area contributed by atoms with Crippen LogP contribution in [-0.4, -0.2) is 19.2 Å². The Labute approximate surface area is 79.2 Å². The van der Waals surface area contributed by atoms with E-state index in [0.29, 0.717) is 0 Å². The summed E-state index contributed by atoms with van der Waals surface area (Å²) in [4.78, 5) is 0. The van der Waals surface area contributed by atoms with E-state index in [2.05, 4.69) is 5.43 Å². The second-order valence-corrected chi connectivity index (χ2v) is 3.62. The second kappa shape index (κ2) is 9.45. The molecule has 0 radical (unpaired) electrons. The fraction of sp³-hybridized carbons (Fsp3) is 1.00. The van der Waals surface area contributed by atoms with E-state index in [1.165, 1.54) is 0 Å². The van der Waals surface area contributed by atoms with Gasteiger partial charge in [0.05, 0.1) is 12.4 Å². The molecular formula is C5H16ClN2O3P. The van der Waals surface area contributed by atoms with Crippen LogP contribution in [0.4, 0.5) is 0 Å². The summed E-state index contributed by atoms with van der Waals surface area (Å²) >= 11 is 0. The third-order valence-electron chi connectivity index (χ3n) is 0.868. The van der Waals surface area contributed by atoms with Crippen molar-refractivity contribution in [1.82, 2.24) is 5.43 Å². The Bertz CT molecular complexity index is 125. The Kier molecular flexibility index (Phi) is 11.7. The summed E-state index contributed by atoms with van der Waals surface area (Å²) in [6.45, 7) is 3.82. The Morgan fingerprint density at radius 2 is 2.17 bits per heavy atom. The molecule has 0 fully saturated rings. The van der Waals surface area contributed by atoms with Crippen LogP contribution in [-0.2, 0) is 13.8 Å². The Morgan fingerprint density at radius 1 is 1.58 bits per heavy atom. The summed E-state index contributed by atoms with van der Waals surface area (Å²) < 4.78 is 20.5. The molecule has 1 atom stereocenters. The van der Waals surface area contributed by atoms with Gasteiger partial charge in [0.15, 0.2) is 6.79 Å². The zero-order valence-corrected chi connectivity index (χ0v) is 9.02. The molecule has 0 saturated heterocycles. The van der Waals surface area contributed by atoms with Crippen LogP contribution in [0.3, 0.4) is 0 Å². The quantitative estimate of drug-likeness (QED) is 0.297. The molecule has 3 N–H and O–H groups in total. The number of hydrogen-bond donors (Lipinski definition) is 2. The minimum atomic E-state index is -2.05. The zero-order chi connectivity index (χ0) is 8.69. The maximum atomic E-state index is 10.8. The van der Waals surface area contributed by atoms with Gasteiger partial charge in [-0.05, 0) is 13.8 Å². The minimum Gasteiger partial charge on any atom is -0.352 e. The van der Waals surface area contributed by atoms with Gasteiger partial charge in [0.1, 0.15) is 0 Å². The smallest absolute Gasteiger partial charge is 0.208 e. The van der Waals surface area contributed by atoms with Gasteiger partial charge in [0.2, 0.25) is 8.03 Å². The van der Waals surface area contributed by atoms with E-state index in [1.54, 1.807) is 0 Å². The third-order valence-corrected chi connectivity index (χ3v) is 1.80. The molecule has 0 aliphatic rings. The van der Waals surface area contributed by atoms with Crippen molar-refractivity contribution in [3.8, 4) is 0 Å². The lowest BCUT2D eigenvalue weighted by molar-refractivity contribution is -0.0160. The van der Waals surface area contributed by atoms with Crippen molar-refractivity contribution in [3.63, 3.8) is 0 Å². The first kappa shape index (κ1) is 14.9. The molecule has 0 rings (SSSR count). The Balaban J connectivity index is 0. The first-order valence-electron chi connectivity index (χ1n) is 3.37. The summed E-state index contributed by atoms with van der Waals surface area (Å²) in [7, 11) is -2.05. The summed E-state index contributed by atoms with van der Waals surface area (Å²) in [6, 6.07) is 0. The summed E-state index contributed by atoms with van der Waals surface area (Å²) in [5.41, 5.74) is 2.26. The average molecular weight is 219 g/mol. The zero-order valence-electron chi connectivity index (χ0n) is 7.20. The molecule has 0 aromatic rings. The van der Waals surface area contributed by atoms with E-state index in [0.717, 1.165) is 0 Å². The van der Waals surface area contributed by atoms with Gasteiger partial charge in [0.25, 0.3) is 0 Å². The van der Waals surface area contributed by atoms with Crippen molar-refractivity contribution in [3.05, 3.63) is 0 Å². The van der Waals surface area contributed by atoms with Gasteiger partial charge in [-0.1, -0.05) is 0 Å². The molecular weight excluding hydrogens is 202 g/mol. The number of halogens is 1. The number of nitrogens with two attached hydrogens (primary N) is 1. The number of hydrogen-bond acceptors (Lipinski definition) is 5. The molecule has 12 heavy (non-hydrogen) atoms. The van der Waals surface area contributed by atoms with Crippen molar-refractivity contribution in [1.29, 1.82) is 0 Å². The average Bonchev–Trinajstić information content (AvgIpc) is 1.87. The van der Waals surface area contributed by atoms with E-state index in [1.807, 2.05) is 13.8 Å². The van der Waals surface area contributed by atoms with Gasteiger partial charge in [0, 0.05) is 0 Å². The van der Waals surface area contributed by atoms with Crippen molar-refractivity contribution in [2.75, 3.05) is 13.1 Å². The monoisotopic (exact) mass is 218 g/mol. The first-order chi connectivity index (χ1) is 5.16.